The van der Waals surface area contributed by atoms with Crippen LogP contribution >= 0.6 is 0 Å². The number of allylic oxidation sites excluding steroid dienone is 1. The summed E-state index contributed by atoms with van der Waals surface area (Å²) in [5, 5.41) is 0. The molecule has 0 amide bonds. The molecule has 2 aliphatic carbocycles. The van der Waals surface area contributed by atoms with Crippen LogP contribution in [-0.2, 0) is 9.47 Å². The number of carbonyl (C=O) groups excluding carboxylic acids is 1. The number of ether oxygens (including phenoxy) is 2. The maximum atomic E-state index is 12.1. The lowest BCUT2D eigenvalue weighted by Gasteiger charge is -2.61. The molecule has 1 spiro atoms. The Morgan fingerprint density at radius 1 is 1.24 bits per heavy atom. The Morgan fingerprint density at radius 3 is 2.76 bits per heavy atom. The highest BCUT2D eigenvalue weighted by Gasteiger charge is 2.64. The molecular formula is C24H36N2O3. The van der Waals surface area contributed by atoms with Gasteiger partial charge in [0.25, 0.3) is 0 Å². The van der Waals surface area contributed by atoms with Crippen molar-refractivity contribution in [3.8, 4) is 0 Å². The van der Waals surface area contributed by atoms with Gasteiger partial charge in [0.2, 0.25) is 0 Å². The number of hydrogen-bond donors (Lipinski definition) is 0. The zero-order valence-corrected chi connectivity index (χ0v) is 18.7. The summed E-state index contributed by atoms with van der Waals surface area (Å²) in [6.07, 6.45) is 14.5. The first kappa shape index (κ1) is 20.6. The van der Waals surface area contributed by atoms with Gasteiger partial charge < -0.3 is 9.47 Å². The van der Waals surface area contributed by atoms with Gasteiger partial charge in [0.15, 0.2) is 0 Å². The van der Waals surface area contributed by atoms with Gasteiger partial charge in [-0.1, -0.05) is 33.3 Å². The lowest BCUT2D eigenvalue weighted by atomic mass is 9.46. The van der Waals surface area contributed by atoms with Crippen molar-refractivity contribution in [1.82, 2.24) is 9.55 Å². The molecule has 160 valence electrons. The van der Waals surface area contributed by atoms with E-state index < -0.39 is 0 Å². The lowest BCUT2D eigenvalue weighted by molar-refractivity contribution is -0.191. The third-order valence-electron chi connectivity index (χ3n) is 8.45. The maximum absolute atomic E-state index is 12.1. The summed E-state index contributed by atoms with van der Waals surface area (Å²) < 4.78 is 13.9. The molecule has 1 aliphatic heterocycles. The minimum atomic E-state index is -0.381. The van der Waals surface area contributed by atoms with Crippen molar-refractivity contribution < 1.29 is 14.3 Å². The average Bonchev–Trinajstić information content (AvgIpc) is 3.29. The summed E-state index contributed by atoms with van der Waals surface area (Å²) in [5.74, 6) is 0.647. The summed E-state index contributed by atoms with van der Waals surface area (Å²) in [4.78, 5) is 16.0. The molecule has 2 fully saturated rings. The third kappa shape index (κ3) is 3.26. The van der Waals surface area contributed by atoms with E-state index in [-0.39, 0.29) is 22.7 Å². The van der Waals surface area contributed by atoms with E-state index in [1.54, 1.807) is 12.4 Å². The summed E-state index contributed by atoms with van der Waals surface area (Å²) >= 11 is 0. The van der Waals surface area contributed by atoms with Crippen LogP contribution in [0.3, 0.4) is 0 Å². The summed E-state index contributed by atoms with van der Waals surface area (Å²) in [6.45, 7) is 12.2. The Kier molecular flexibility index (Phi) is 4.96. The SMILES string of the molecule is CC1=CC[C@H]2C(C)(C)CCC[C@]2(C)[C@@]12CC[C@@](C)(CCOC(=O)n1ccnc1)O2. The number of aromatic nitrogens is 2. The Balaban J connectivity index is 1.49. The molecule has 0 unspecified atom stereocenters. The Bertz CT molecular complexity index is 799. The molecule has 0 aromatic carbocycles. The van der Waals surface area contributed by atoms with Gasteiger partial charge in [0.05, 0.1) is 17.8 Å². The van der Waals surface area contributed by atoms with Crippen LogP contribution in [0.4, 0.5) is 4.79 Å². The number of rotatable bonds is 3. The Hall–Kier alpha value is -1.62. The van der Waals surface area contributed by atoms with E-state index in [9.17, 15) is 4.79 Å². The van der Waals surface area contributed by atoms with Crippen molar-refractivity contribution in [1.29, 1.82) is 0 Å². The lowest BCUT2D eigenvalue weighted by Crippen LogP contribution is -2.59. The number of carbonyl (C=O) groups is 1. The summed E-state index contributed by atoms with van der Waals surface area (Å²) in [6, 6.07) is 0. The number of imidazole rings is 1. The summed E-state index contributed by atoms with van der Waals surface area (Å²) in [5.41, 5.74) is 1.47. The quantitative estimate of drug-likeness (QED) is 0.606. The second-order valence-corrected chi connectivity index (χ2v) is 10.6. The molecular weight excluding hydrogens is 364 g/mol. The van der Waals surface area contributed by atoms with Crippen molar-refractivity contribution in [3.63, 3.8) is 0 Å². The van der Waals surface area contributed by atoms with Crippen LogP contribution in [0.2, 0.25) is 0 Å². The van der Waals surface area contributed by atoms with E-state index in [0.29, 0.717) is 24.4 Å². The van der Waals surface area contributed by atoms with E-state index in [1.165, 1.54) is 42.2 Å². The van der Waals surface area contributed by atoms with Gasteiger partial charge in [-0.15, -0.1) is 0 Å². The van der Waals surface area contributed by atoms with E-state index in [1.807, 2.05) is 0 Å². The minimum Gasteiger partial charge on any atom is -0.449 e. The van der Waals surface area contributed by atoms with Crippen LogP contribution in [0, 0.1) is 16.7 Å². The maximum Gasteiger partial charge on any atom is 0.419 e. The van der Waals surface area contributed by atoms with Crippen LogP contribution in [0.15, 0.2) is 30.4 Å². The Labute approximate surface area is 174 Å². The van der Waals surface area contributed by atoms with Crippen molar-refractivity contribution in [2.45, 2.75) is 90.8 Å². The van der Waals surface area contributed by atoms with Crippen molar-refractivity contribution in [2.24, 2.45) is 16.7 Å². The smallest absolute Gasteiger partial charge is 0.419 e. The molecule has 4 rings (SSSR count). The molecule has 0 bridgehead atoms. The molecule has 1 aromatic heterocycles. The fraction of sp³-hybridized carbons (Fsp3) is 0.750. The molecule has 1 aromatic rings. The highest BCUT2D eigenvalue weighted by molar-refractivity contribution is 5.69. The zero-order valence-electron chi connectivity index (χ0n) is 18.7. The predicted molar refractivity (Wildman–Crippen MR) is 113 cm³/mol. The molecule has 3 aliphatic rings. The summed E-state index contributed by atoms with van der Waals surface area (Å²) in [7, 11) is 0. The van der Waals surface area contributed by atoms with Gasteiger partial charge in [-0.2, -0.15) is 0 Å². The van der Waals surface area contributed by atoms with Crippen molar-refractivity contribution >= 4 is 6.09 Å². The minimum absolute atomic E-state index is 0.166. The highest BCUT2D eigenvalue weighted by Crippen LogP contribution is 2.66. The van der Waals surface area contributed by atoms with E-state index in [4.69, 9.17) is 9.47 Å². The van der Waals surface area contributed by atoms with Gasteiger partial charge in [-0.05, 0) is 62.9 Å². The molecule has 1 saturated heterocycles. The van der Waals surface area contributed by atoms with Gasteiger partial charge >= 0.3 is 6.09 Å². The fourth-order valence-electron chi connectivity index (χ4n) is 6.71. The van der Waals surface area contributed by atoms with Crippen LogP contribution in [0.1, 0.15) is 79.6 Å². The standard InChI is InChI=1S/C24H36N2O3/c1-18-7-8-19-21(2,3)9-6-10-23(19,5)24(18)12-11-22(4,29-24)13-16-28-20(27)26-15-14-25-17-26/h7,14-15,17,19H,6,8-13,16H2,1-5H3/t19-,22-,23-,24+/m0/s1. The van der Waals surface area contributed by atoms with E-state index >= 15 is 0 Å². The van der Waals surface area contributed by atoms with Gasteiger partial charge in [-0.3, -0.25) is 0 Å². The molecule has 0 N–H and O–H groups in total. The molecule has 4 atom stereocenters. The first-order valence-electron chi connectivity index (χ1n) is 11.1. The van der Waals surface area contributed by atoms with E-state index in [0.717, 1.165) is 12.8 Å². The van der Waals surface area contributed by atoms with Gasteiger partial charge in [-0.25, -0.2) is 14.3 Å². The Morgan fingerprint density at radius 2 is 2.03 bits per heavy atom. The number of hydrogen-bond acceptors (Lipinski definition) is 4. The van der Waals surface area contributed by atoms with Crippen LogP contribution in [0.25, 0.3) is 0 Å². The molecule has 0 radical (unpaired) electrons. The fourth-order valence-corrected chi connectivity index (χ4v) is 6.71. The topological polar surface area (TPSA) is 53.4 Å². The van der Waals surface area contributed by atoms with Gasteiger partial charge in [0, 0.05) is 24.2 Å². The number of nitrogens with zero attached hydrogens (tertiary/aromatic N) is 2. The normalized spacial score (nSPS) is 38.5. The van der Waals surface area contributed by atoms with Crippen LogP contribution in [0.5, 0.6) is 0 Å². The molecule has 29 heavy (non-hydrogen) atoms. The molecule has 1 saturated carbocycles. The monoisotopic (exact) mass is 400 g/mol. The second-order valence-electron chi connectivity index (χ2n) is 10.6. The second kappa shape index (κ2) is 6.97. The average molecular weight is 401 g/mol. The van der Waals surface area contributed by atoms with Crippen LogP contribution < -0.4 is 0 Å². The largest absolute Gasteiger partial charge is 0.449 e. The first-order chi connectivity index (χ1) is 13.6. The van der Waals surface area contributed by atoms with E-state index in [2.05, 4.69) is 45.7 Å². The third-order valence-corrected chi connectivity index (χ3v) is 8.45. The molecule has 5 nitrogen and oxygen atoms in total. The predicted octanol–water partition coefficient (Wildman–Crippen LogP) is 5.75. The number of fused-ring (bicyclic) bond motifs is 2. The van der Waals surface area contributed by atoms with Gasteiger partial charge in [0.1, 0.15) is 6.33 Å². The zero-order chi connectivity index (χ0) is 20.9. The molecule has 2 heterocycles. The highest BCUT2D eigenvalue weighted by atomic mass is 16.6. The van der Waals surface area contributed by atoms with Crippen molar-refractivity contribution in [2.75, 3.05) is 6.61 Å². The van der Waals surface area contributed by atoms with Crippen LogP contribution in [-0.4, -0.2) is 33.5 Å². The van der Waals surface area contributed by atoms with Crippen molar-refractivity contribution in [3.05, 3.63) is 30.4 Å². The molecule has 5 heteroatoms. The first-order valence-corrected chi connectivity index (χ1v) is 11.1.